The first-order valence-corrected chi connectivity index (χ1v) is 6.56. The normalized spacial score (nSPS) is 18.9. The Balaban J connectivity index is 1.69. The maximum atomic E-state index is 12.0. The lowest BCUT2D eigenvalue weighted by Gasteiger charge is -2.10. The zero-order valence-electron chi connectivity index (χ0n) is 10.2. The number of rotatable bonds is 3. The quantitative estimate of drug-likeness (QED) is 0.937. The molecule has 1 atom stereocenters. The van der Waals surface area contributed by atoms with Crippen LogP contribution in [0.1, 0.15) is 23.2 Å². The van der Waals surface area contributed by atoms with Gasteiger partial charge in [-0.05, 0) is 42.6 Å². The lowest BCUT2D eigenvalue weighted by molar-refractivity contribution is 0.0858. The zero-order chi connectivity index (χ0) is 13.2. The molecule has 1 aromatic carbocycles. The van der Waals surface area contributed by atoms with Crippen LogP contribution in [0.4, 0.5) is 0 Å². The minimum absolute atomic E-state index is 0.0758. The molecule has 0 spiro atoms. The molecule has 1 saturated heterocycles. The van der Waals surface area contributed by atoms with Crippen LogP contribution in [0.3, 0.4) is 0 Å². The number of hydrogen-bond donors (Lipinski definition) is 1. The van der Waals surface area contributed by atoms with E-state index in [4.69, 9.17) is 20.8 Å². The minimum Gasteiger partial charge on any atom is -0.428 e. The Bertz CT molecular complexity index is 605. The first-order valence-electron chi connectivity index (χ1n) is 6.18. The molecule has 100 valence electrons. The number of nitrogens with zero attached hydrogens (tertiary/aromatic N) is 1. The number of nitrogens with one attached hydrogen (secondary N) is 1. The van der Waals surface area contributed by atoms with E-state index >= 15 is 0 Å². The molecular formula is C13H13ClN2O3. The van der Waals surface area contributed by atoms with Gasteiger partial charge in [0.2, 0.25) is 0 Å². The molecule has 0 saturated carbocycles. The number of amides is 1. The molecule has 1 aliphatic rings. The Morgan fingerprint density at radius 1 is 1.53 bits per heavy atom. The van der Waals surface area contributed by atoms with Crippen molar-refractivity contribution in [2.24, 2.45) is 0 Å². The maximum absolute atomic E-state index is 12.0. The van der Waals surface area contributed by atoms with Gasteiger partial charge in [0.1, 0.15) is 5.52 Å². The molecule has 19 heavy (non-hydrogen) atoms. The number of oxazole rings is 1. The summed E-state index contributed by atoms with van der Waals surface area (Å²) in [6.07, 6.45) is 2.19. The SMILES string of the molecule is O=C(NCC1CCCO1)c1ccc2oc(Cl)nc2c1. The van der Waals surface area contributed by atoms with Crippen LogP contribution in [-0.4, -0.2) is 30.1 Å². The van der Waals surface area contributed by atoms with Gasteiger partial charge in [0.15, 0.2) is 5.58 Å². The topological polar surface area (TPSA) is 64.4 Å². The number of halogens is 1. The molecule has 1 aliphatic heterocycles. The number of benzene rings is 1. The summed E-state index contributed by atoms with van der Waals surface area (Å²) < 4.78 is 10.6. The average Bonchev–Trinajstić information content (AvgIpc) is 3.02. The van der Waals surface area contributed by atoms with E-state index in [0.717, 1.165) is 19.4 Å². The zero-order valence-corrected chi connectivity index (χ0v) is 10.9. The molecule has 0 aliphatic carbocycles. The first kappa shape index (κ1) is 12.4. The van der Waals surface area contributed by atoms with Crippen molar-refractivity contribution in [3.63, 3.8) is 0 Å². The number of ether oxygens (including phenoxy) is 1. The summed E-state index contributed by atoms with van der Waals surface area (Å²) in [5.74, 6) is -0.142. The summed E-state index contributed by atoms with van der Waals surface area (Å²) in [6, 6.07) is 5.04. The van der Waals surface area contributed by atoms with Crippen LogP contribution in [0.5, 0.6) is 0 Å². The van der Waals surface area contributed by atoms with E-state index in [9.17, 15) is 4.79 Å². The van der Waals surface area contributed by atoms with Crippen LogP contribution in [0.15, 0.2) is 22.6 Å². The fourth-order valence-electron chi connectivity index (χ4n) is 2.15. The van der Waals surface area contributed by atoms with Crippen molar-refractivity contribution in [3.8, 4) is 0 Å². The molecule has 1 unspecified atom stereocenters. The first-order chi connectivity index (χ1) is 9.22. The van der Waals surface area contributed by atoms with E-state index in [1.165, 1.54) is 0 Å². The maximum Gasteiger partial charge on any atom is 0.293 e. The molecule has 1 amide bonds. The average molecular weight is 281 g/mol. The fraction of sp³-hybridized carbons (Fsp3) is 0.385. The van der Waals surface area contributed by atoms with Crippen LogP contribution in [0.25, 0.3) is 11.1 Å². The van der Waals surface area contributed by atoms with Gasteiger partial charge in [-0.1, -0.05) is 0 Å². The second kappa shape index (κ2) is 5.19. The van der Waals surface area contributed by atoms with Crippen LogP contribution >= 0.6 is 11.6 Å². The molecule has 0 bridgehead atoms. The highest BCUT2D eigenvalue weighted by Crippen LogP contribution is 2.20. The molecular weight excluding hydrogens is 268 g/mol. The van der Waals surface area contributed by atoms with Crippen molar-refractivity contribution in [3.05, 3.63) is 29.1 Å². The number of hydrogen-bond acceptors (Lipinski definition) is 4. The summed E-state index contributed by atoms with van der Waals surface area (Å²) in [5, 5.41) is 2.93. The van der Waals surface area contributed by atoms with Gasteiger partial charge in [-0.15, -0.1) is 0 Å². The van der Waals surface area contributed by atoms with E-state index in [0.29, 0.717) is 23.2 Å². The van der Waals surface area contributed by atoms with Crippen LogP contribution in [0, 0.1) is 0 Å². The molecule has 1 fully saturated rings. The Morgan fingerprint density at radius 3 is 3.21 bits per heavy atom. The van der Waals surface area contributed by atoms with E-state index in [1.807, 2.05) is 0 Å². The summed E-state index contributed by atoms with van der Waals surface area (Å²) >= 11 is 5.67. The van der Waals surface area contributed by atoms with Crippen molar-refractivity contribution in [2.45, 2.75) is 18.9 Å². The molecule has 3 rings (SSSR count). The predicted octanol–water partition coefficient (Wildman–Crippen LogP) is 2.39. The third-order valence-corrected chi connectivity index (χ3v) is 3.30. The largest absolute Gasteiger partial charge is 0.428 e. The number of carbonyl (C=O) groups is 1. The molecule has 1 N–H and O–H groups in total. The lowest BCUT2D eigenvalue weighted by Crippen LogP contribution is -2.31. The highest BCUT2D eigenvalue weighted by Gasteiger charge is 2.17. The summed E-state index contributed by atoms with van der Waals surface area (Å²) in [7, 11) is 0. The van der Waals surface area contributed by atoms with Crippen molar-refractivity contribution >= 4 is 28.6 Å². The van der Waals surface area contributed by atoms with Gasteiger partial charge in [0.25, 0.3) is 11.3 Å². The van der Waals surface area contributed by atoms with E-state index in [-0.39, 0.29) is 17.4 Å². The summed E-state index contributed by atoms with van der Waals surface area (Å²) in [6.45, 7) is 1.32. The third kappa shape index (κ3) is 2.72. The highest BCUT2D eigenvalue weighted by atomic mass is 35.5. The van der Waals surface area contributed by atoms with E-state index < -0.39 is 0 Å². The van der Waals surface area contributed by atoms with E-state index in [1.54, 1.807) is 18.2 Å². The number of fused-ring (bicyclic) bond motifs is 1. The van der Waals surface area contributed by atoms with Crippen LogP contribution in [-0.2, 0) is 4.74 Å². The molecule has 1 aromatic heterocycles. The standard InChI is InChI=1S/C13H13ClN2O3/c14-13-16-10-6-8(3-4-11(10)19-13)12(17)15-7-9-2-1-5-18-9/h3-4,6,9H,1-2,5,7H2,(H,15,17). The van der Waals surface area contributed by atoms with E-state index in [2.05, 4.69) is 10.3 Å². The van der Waals surface area contributed by atoms with Gasteiger partial charge >= 0.3 is 0 Å². The summed E-state index contributed by atoms with van der Waals surface area (Å²) in [5.41, 5.74) is 1.69. The van der Waals surface area contributed by atoms with Crippen LogP contribution < -0.4 is 5.32 Å². The smallest absolute Gasteiger partial charge is 0.293 e. The van der Waals surface area contributed by atoms with Crippen molar-refractivity contribution in [1.29, 1.82) is 0 Å². The van der Waals surface area contributed by atoms with Crippen molar-refractivity contribution in [1.82, 2.24) is 10.3 Å². The van der Waals surface area contributed by atoms with Gasteiger partial charge in [-0.3, -0.25) is 4.79 Å². The van der Waals surface area contributed by atoms with Crippen molar-refractivity contribution < 1.29 is 13.9 Å². The molecule has 2 heterocycles. The van der Waals surface area contributed by atoms with Gasteiger partial charge < -0.3 is 14.5 Å². The highest BCUT2D eigenvalue weighted by molar-refractivity contribution is 6.28. The monoisotopic (exact) mass is 280 g/mol. The predicted molar refractivity (Wildman–Crippen MR) is 70.3 cm³/mol. The second-order valence-corrected chi connectivity index (χ2v) is 4.82. The number of aromatic nitrogens is 1. The van der Waals surface area contributed by atoms with Gasteiger partial charge in [0.05, 0.1) is 6.10 Å². The second-order valence-electron chi connectivity index (χ2n) is 4.49. The molecule has 6 heteroatoms. The summed E-state index contributed by atoms with van der Waals surface area (Å²) in [4.78, 5) is 16.0. The van der Waals surface area contributed by atoms with Crippen LogP contribution in [0.2, 0.25) is 5.35 Å². The van der Waals surface area contributed by atoms with Gasteiger partial charge in [-0.2, -0.15) is 4.98 Å². The fourth-order valence-corrected chi connectivity index (χ4v) is 2.33. The Labute approximate surface area is 114 Å². The minimum atomic E-state index is -0.142. The molecule has 5 nitrogen and oxygen atoms in total. The third-order valence-electron chi connectivity index (χ3n) is 3.14. The lowest BCUT2D eigenvalue weighted by atomic mass is 10.2. The Morgan fingerprint density at radius 2 is 2.42 bits per heavy atom. The van der Waals surface area contributed by atoms with Gasteiger partial charge in [-0.25, -0.2) is 0 Å². The molecule has 0 radical (unpaired) electrons. The Hall–Kier alpha value is -1.59. The molecule has 2 aromatic rings. The Kier molecular flexibility index (Phi) is 3.40. The van der Waals surface area contributed by atoms with Crippen molar-refractivity contribution in [2.75, 3.05) is 13.2 Å². The van der Waals surface area contributed by atoms with Gasteiger partial charge in [0, 0.05) is 18.7 Å². The number of carbonyl (C=O) groups excluding carboxylic acids is 1.